The summed E-state index contributed by atoms with van der Waals surface area (Å²) >= 11 is 1.50. The third-order valence-electron chi connectivity index (χ3n) is 2.62. The van der Waals surface area contributed by atoms with Crippen molar-refractivity contribution >= 4 is 11.8 Å². The van der Waals surface area contributed by atoms with Crippen LogP contribution in [0.5, 0.6) is 0 Å². The molecular weight excluding hydrogens is 233 g/mol. The van der Waals surface area contributed by atoms with Crippen LogP contribution in [0, 0.1) is 17.1 Å². The van der Waals surface area contributed by atoms with Crippen molar-refractivity contribution in [3.63, 3.8) is 0 Å². The minimum atomic E-state index is -0.405. The van der Waals surface area contributed by atoms with Crippen LogP contribution in [0.4, 0.5) is 4.39 Å². The molecule has 0 unspecified atom stereocenters. The maximum atomic E-state index is 13.1. The van der Waals surface area contributed by atoms with Crippen molar-refractivity contribution in [2.24, 2.45) is 0 Å². The van der Waals surface area contributed by atoms with Crippen molar-refractivity contribution in [3.8, 4) is 6.07 Å². The van der Waals surface area contributed by atoms with Gasteiger partial charge in [-0.15, -0.1) is 11.8 Å². The SMILES string of the molecule is CCCC(C#N)(CCC)Sc1cccc(F)c1. The highest BCUT2D eigenvalue weighted by atomic mass is 32.2. The maximum absolute atomic E-state index is 13.1. The molecule has 3 heteroatoms. The third-order valence-corrected chi connectivity index (χ3v) is 4.00. The Bertz CT molecular complexity index is 391. The smallest absolute Gasteiger partial charge is 0.124 e. The molecule has 0 aliphatic carbocycles. The lowest BCUT2D eigenvalue weighted by atomic mass is 9.99. The standard InChI is InChI=1S/C14H18FNS/c1-3-8-14(11-16,9-4-2)17-13-7-5-6-12(15)10-13/h5-7,10H,3-4,8-9H2,1-2H3. The van der Waals surface area contributed by atoms with Crippen LogP contribution in [0.25, 0.3) is 0 Å². The van der Waals surface area contributed by atoms with E-state index in [-0.39, 0.29) is 5.82 Å². The molecule has 0 atom stereocenters. The van der Waals surface area contributed by atoms with Gasteiger partial charge in [-0.2, -0.15) is 5.26 Å². The molecule has 0 bridgehead atoms. The molecule has 1 rings (SSSR count). The summed E-state index contributed by atoms with van der Waals surface area (Å²) in [4.78, 5) is 0.841. The Labute approximate surface area is 107 Å². The monoisotopic (exact) mass is 251 g/mol. The van der Waals surface area contributed by atoms with Gasteiger partial charge in [-0.1, -0.05) is 32.8 Å². The molecule has 0 spiro atoms. The van der Waals surface area contributed by atoms with E-state index < -0.39 is 4.75 Å². The minimum absolute atomic E-state index is 0.241. The number of nitriles is 1. The molecule has 0 fully saturated rings. The average molecular weight is 251 g/mol. The molecule has 0 N–H and O–H groups in total. The van der Waals surface area contributed by atoms with Crippen molar-refractivity contribution in [1.29, 1.82) is 5.26 Å². The fraction of sp³-hybridized carbons (Fsp3) is 0.500. The van der Waals surface area contributed by atoms with Gasteiger partial charge in [-0.05, 0) is 31.0 Å². The molecule has 92 valence electrons. The van der Waals surface area contributed by atoms with Crippen molar-refractivity contribution < 1.29 is 4.39 Å². The van der Waals surface area contributed by atoms with Gasteiger partial charge in [-0.25, -0.2) is 4.39 Å². The number of hydrogen-bond donors (Lipinski definition) is 0. The van der Waals surface area contributed by atoms with Gasteiger partial charge in [0.15, 0.2) is 0 Å². The van der Waals surface area contributed by atoms with E-state index in [0.29, 0.717) is 0 Å². The second-order valence-corrected chi connectivity index (χ2v) is 5.62. The number of halogens is 1. The first-order valence-corrected chi connectivity index (χ1v) is 6.83. The summed E-state index contributed by atoms with van der Waals surface area (Å²) in [7, 11) is 0. The summed E-state index contributed by atoms with van der Waals surface area (Å²) in [6.07, 6.45) is 3.63. The number of thioether (sulfide) groups is 1. The summed E-state index contributed by atoms with van der Waals surface area (Å²) in [6.45, 7) is 4.15. The number of nitrogens with zero attached hydrogens (tertiary/aromatic N) is 1. The number of benzene rings is 1. The van der Waals surface area contributed by atoms with E-state index in [1.54, 1.807) is 6.07 Å². The quantitative estimate of drug-likeness (QED) is 0.679. The van der Waals surface area contributed by atoms with Crippen LogP contribution >= 0.6 is 11.8 Å². The zero-order chi connectivity index (χ0) is 12.7. The molecule has 0 heterocycles. The summed E-state index contributed by atoms with van der Waals surface area (Å²) in [5, 5.41) is 9.40. The van der Waals surface area contributed by atoms with E-state index >= 15 is 0 Å². The van der Waals surface area contributed by atoms with Crippen LogP contribution in [0.1, 0.15) is 39.5 Å². The van der Waals surface area contributed by atoms with Crippen molar-refractivity contribution in [3.05, 3.63) is 30.1 Å². The zero-order valence-electron chi connectivity index (χ0n) is 10.4. The van der Waals surface area contributed by atoms with Gasteiger partial charge < -0.3 is 0 Å². The molecular formula is C14H18FNS. The van der Waals surface area contributed by atoms with Gasteiger partial charge in [-0.3, -0.25) is 0 Å². The molecule has 0 saturated carbocycles. The Morgan fingerprint density at radius 2 is 1.94 bits per heavy atom. The van der Waals surface area contributed by atoms with E-state index in [1.165, 1.54) is 23.9 Å². The molecule has 0 aromatic heterocycles. The van der Waals surface area contributed by atoms with Crippen molar-refractivity contribution in [2.75, 3.05) is 0 Å². The summed E-state index contributed by atoms with van der Waals surface area (Å²) in [5.74, 6) is -0.241. The van der Waals surface area contributed by atoms with Crippen LogP contribution in [0.3, 0.4) is 0 Å². The van der Waals surface area contributed by atoms with E-state index in [2.05, 4.69) is 19.9 Å². The van der Waals surface area contributed by atoms with E-state index in [4.69, 9.17) is 0 Å². The molecule has 17 heavy (non-hydrogen) atoms. The van der Waals surface area contributed by atoms with E-state index in [9.17, 15) is 9.65 Å². The van der Waals surface area contributed by atoms with Gasteiger partial charge in [0.25, 0.3) is 0 Å². The Kier molecular flexibility index (Phi) is 5.50. The van der Waals surface area contributed by atoms with Crippen LogP contribution in [0.2, 0.25) is 0 Å². The highest BCUT2D eigenvalue weighted by Gasteiger charge is 2.29. The normalized spacial score (nSPS) is 11.2. The molecule has 0 aliphatic rings. The second-order valence-electron chi connectivity index (χ2n) is 4.17. The Morgan fingerprint density at radius 1 is 1.29 bits per heavy atom. The van der Waals surface area contributed by atoms with Crippen LogP contribution in [-0.2, 0) is 0 Å². The molecule has 1 aromatic rings. The fourth-order valence-electron chi connectivity index (χ4n) is 1.93. The van der Waals surface area contributed by atoms with Gasteiger partial charge in [0, 0.05) is 4.90 Å². The van der Waals surface area contributed by atoms with E-state index in [1.807, 2.05) is 6.07 Å². The summed E-state index contributed by atoms with van der Waals surface area (Å²) in [6, 6.07) is 8.91. The molecule has 1 nitrogen and oxygen atoms in total. The first-order chi connectivity index (χ1) is 8.15. The number of rotatable bonds is 6. The predicted octanol–water partition coefficient (Wildman–Crippen LogP) is 4.78. The van der Waals surface area contributed by atoms with Crippen LogP contribution < -0.4 is 0 Å². The first-order valence-electron chi connectivity index (χ1n) is 6.01. The highest BCUT2D eigenvalue weighted by Crippen LogP contribution is 2.39. The lowest BCUT2D eigenvalue weighted by Crippen LogP contribution is -2.21. The van der Waals surface area contributed by atoms with Crippen molar-refractivity contribution in [2.45, 2.75) is 49.2 Å². The first kappa shape index (κ1) is 14.1. The van der Waals surface area contributed by atoms with Crippen LogP contribution in [0.15, 0.2) is 29.2 Å². The Balaban J connectivity index is 2.89. The Hall–Kier alpha value is -1.01. The predicted molar refractivity (Wildman–Crippen MR) is 70.4 cm³/mol. The average Bonchev–Trinajstić information content (AvgIpc) is 2.29. The largest absolute Gasteiger partial charge is 0.207 e. The summed E-state index contributed by atoms with van der Waals surface area (Å²) < 4.78 is 12.7. The molecule has 0 aliphatic heterocycles. The molecule has 0 saturated heterocycles. The third kappa shape index (κ3) is 4.05. The lowest BCUT2D eigenvalue weighted by molar-refractivity contribution is 0.583. The van der Waals surface area contributed by atoms with Crippen LogP contribution in [-0.4, -0.2) is 4.75 Å². The zero-order valence-corrected chi connectivity index (χ0v) is 11.2. The van der Waals surface area contributed by atoms with Gasteiger partial charge >= 0.3 is 0 Å². The maximum Gasteiger partial charge on any atom is 0.124 e. The van der Waals surface area contributed by atoms with E-state index in [0.717, 1.165) is 30.6 Å². The summed E-state index contributed by atoms with van der Waals surface area (Å²) in [5.41, 5.74) is 0. The minimum Gasteiger partial charge on any atom is -0.207 e. The van der Waals surface area contributed by atoms with Gasteiger partial charge in [0.1, 0.15) is 10.6 Å². The van der Waals surface area contributed by atoms with Gasteiger partial charge in [0.2, 0.25) is 0 Å². The topological polar surface area (TPSA) is 23.8 Å². The molecule has 0 amide bonds. The fourth-order valence-corrected chi connectivity index (χ4v) is 3.35. The van der Waals surface area contributed by atoms with Crippen molar-refractivity contribution in [1.82, 2.24) is 0 Å². The highest BCUT2D eigenvalue weighted by molar-refractivity contribution is 8.01. The molecule has 1 aromatic carbocycles. The molecule has 0 radical (unpaired) electrons. The lowest BCUT2D eigenvalue weighted by Gasteiger charge is -2.25. The Morgan fingerprint density at radius 3 is 2.41 bits per heavy atom. The number of hydrogen-bond acceptors (Lipinski definition) is 2. The second kappa shape index (κ2) is 6.66. The van der Waals surface area contributed by atoms with Gasteiger partial charge in [0.05, 0.1) is 6.07 Å².